The van der Waals surface area contributed by atoms with Crippen LogP contribution in [0.5, 0.6) is 0 Å². The molecule has 1 fully saturated rings. The van der Waals surface area contributed by atoms with E-state index < -0.39 is 0 Å². The summed E-state index contributed by atoms with van der Waals surface area (Å²) in [4.78, 5) is 0. The Labute approximate surface area is 78.8 Å². The highest BCUT2D eigenvalue weighted by Crippen LogP contribution is 2.23. The van der Waals surface area contributed by atoms with Crippen molar-refractivity contribution in [3.05, 3.63) is 0 Å². The molecule has 1 rings (SSSR count). The van der Waals surface area contributed by atoms with Gasteiger partial charge >= 0.3 is 0 Å². The molecule has 1 aliphatic rings. The smallest absolute Gasteiger partial charge is 0.184 e. The maximum atomic E-state index is 9.03. The number of aliphatic hydroxyl groups excluding tert-OH is 1. The fraction of sp³-hybridized carbons (Fsp3) is 1.00. The number of hydrogen-bond donors (Lipinski definition) is 1. The average molecular weight is 190 g/mol. The van der Waals surface area contributed by atoms with Crippen LogP contribution in [0, 0.1) is 5.92 Å². The lowest BCUT2D eigenvalue weighted by atomic mass is 10.1. The molecule has 13 heavy (non-hydrogen) atoms. The van der Waals surface area contributed by atoms with Gasteiger partial charge in [0.25, 0.3) is 0 Å². The molecule has 4 nitrogen and oxygen atoms in total. The Morgan fingerprint density at radius 3 is 2.54 bits per heavy atom. The molecule has 0 aromatic heterocycles. The van der Waals surface area contributed by atoms with Gasteiger partial charge in [0, 0.05) is 19.1 Å². The van der Waals surface area contributed by atoms with Crippen molar-refractivity contribution in [3.63, 3.8) is 0 Å². The molecule has 0 aliphatic carbocycles. The topological polar surface area (TPSA) is 47.9 Å². The highest BCUT2D eigenvalue weighted by Gasteiger charge is 2.37. The normalized spacial score (nSPS) is 33.9. The van der Waals surface area contributed by atoms with Gasteiger partial charge in [-0.15, -0.1) is 0 Å². The summed E-state index contributed by atoms with van der Waals surface area (Å²) in [6.07, 6.45) is -0.419. The van der Waals surface area contributed by atoms with Gasteiger partial charge in [-0.05, 0) is 13.8 Å². The summed E-state index contributed by atoms with van der Waals surface area (Å²) in [6.45, 7) is 5.68. The second kappa shape index (κ2) is 5.54. The van der Waals surface area contributed by atoms with Gasteiger partial charge in [-0.2, -0.15) is 0 Å². The van der Waals surface area contributed by atoms with E-state index in [1.54, 1.807) is 0 Å². The molecule has 0 aromatic carbocycles. The van der Waals surface area contributed by atoms with E-state index in [0.717, 1.165) is 0 Å². The van der Waals surface area contributed by atoms with E-state index in [4.69, 9.17) is 19.3 Å². The highest BCUT2D eigenvalue weighted by molar-refractivity contribution is 4.79. The van der Waals surface area contributed by atoms with E-state index >= 15 is 0 Å². The molecule has 0 saturated carbocycles. The molecule has 1 heterocycles. The third-order valence-corrected chi connectivity index (χ3v) is 2.13. The van der Waals surface area contributed by atoms with Crippen LogP contribution < -0.4 is 0 Å². The van der Waals surface area contributed by atoms with Gasteiger partial charge in [-0.25, -0.2) is 0 Å². The number of rotatable bonds is 5. The first-order valence-corrected chi connectivity index (χ1v) is 4.79. The maximum Gasteiger partial charge on any atom is 0.184 e. The van der Waals surface area contributed by atoms with E-state index in [-0.39, 0.29) is 24.9 Å². The summed E-state index contributed by atoms with van der Waals surface area (Å²) in [6, 6.07) is 0. The van der Waals surface area contributed by atoms with E-state index in [1.807, 2.05) is 13.8 Å². The first-order chi connectivity index (χ1) is 6.33. The fourth-order valence-electron chi connectivity index (χ4n) is 1.50. The van der Waals surface area contributed by atoms with Crippen LogP contribution in [-0.2, 0) is 14.2 Å². The van der Waals surface area contributed by atoms with Gasteiger partial charge in [0.1, 0.15) is 6.10 Å². The van der Waals surface area contributed by atoms with Gasteiger partial charge in [0.05, 0.1) is 13.2 Å². The van der Waals surface area contributed by atoms with E-state index in [0.29, 0.717) is 19.8 Å². The molecule has 0 spiro atoms. The molecular formula is C9H18O4. The number of aliphatic hydroxyl groups is 1. The predicted octanol–water partition coefficient (Wildman–Crippen LogP) is 0.393. The van der Waals surface area contributed by atoms with Crippen molar-refractivity contribution in [3.8, 4) is 0 Å². The van der Waals surface area contributed by atoms with Gasteiger partial charge in [-0.1, -0.05) is 0 Å². The molecule has 3 atom stereocenters. The van der Waals surface area contributed by atoms with Gasteiger partial charge in [0.15, 0.2) is 6.29 Å². The van der Waals surface area contributed by atoms with Crippen LogP contribution in [0.25, 0.3) is 0 Å². The molecule has 0 amide bonds. The standard InChI is InChI=1S/C9H18O4/c1-3-11-8-7(5-10)6-13-9(8)12-4-2/h7-10H,3-6H2,1-2H3. The first-order valence-electron chi connectivity index (χ1n) is 4.79. The summed E-state index contributed by atoms with van der Waals surface area (Å²) < 4.78 is 16.2. The molecule has 4 heteroatoms. The number of hydrogen-bond acceptors (Lipinski definition) is 4. The summed E-state index contributed by atoms with van der Waals surface area (Å²) in [5.41, 5.74) is 0. The molecule has 1 aliphatic heterocycles. The predicted molar refractivity (Wildman–Crippen MR) is 47.4 cm³/mol. The monoisotopic (exact) mass is 190 g/mol. The van der Waals surface area contributed by atoms with Gasteiger partial charge in [-0.3, -0.25) is 0 Å². The van der Waals surface area contributed by atoms with Crippen molar-refractivity contribution in [1.82, 2.24) is 0 Å². The lowest BCUT2D eigenvalue weighted by Gasteiger charge is -2.21. The van der Waals surface area contributed by atoms with Crippen LogP contribution in [-0.4, -0.2) is 43.9 Å². The second-order valence-electron chi connectivity index (χ2n) is 3.02. The summed E-state index contributed by atoms with van der Waals surface area (Å²) in [5.74, 6) is 0.0523. The number of ether oxygens (including phenoxy) is 3. The van der Waals surface area contributed by atoms with Crippen molar-refractivity contribution in [1.29, 1.82) is 0 Å². The summed E-state index contributed by atoms with van der Waals surface area (Å²) in [5, 5.41) is 9.03. The third kappa shape index (κ3) is 2.64. The first kappa shape index (κ1) is 10.9. The van der Waals surface area contributed by atoms with Crippen LogP contribution in [0.4, 0.5) is 0 Å². The highest BCUT2D eigenvalue weighted by atomic mass is 16.7. The average Bonchev–Trinajstić information content (AvgIpc) is 2.50. The quantitative estimate of drug-likeness (QED) is 0.681. The molecule has 3 unspecified atom stereocenters. The largest absolute Gasteiger partial charge is 0.396 e. The Hall–Kier alpha value is -0.160. The molecular weight excluding hydrogens is 172 g/mol. The molecule has 0 radical (unpaired) electrons. The minimum Gasteiger partial charge on any atom is -0.396 e. The summed E-state index contributed by atoms with van der Waals surface area (Å²) >= 11 is 0. The van der Waals surface area contributed by atoms with Crippen molar-refractivity contribution in [2.45, 2.75) is 26.2 Å². The summed E-state index contributed by atoms with van der Waals surface area (Å²) in [7, 11) is 0. The Morgan fingerprint density at radius 1 is 1.31 bits per heavy atom. The molecule has 78 valence electrons. The molecule has 1 saturated heterocycles. The lowest BCUT2D eigenvalue weighted by molar-refractivity contribution is -0.162. The molecule has 1 N–H and O–H groups in total. The van der Waals surface area contributed by atoms with Crippen molar-refractivity contribution < 1.29 is 19.3 Å². The minimum atomic E-state index is -0.304. The van der Waals surface area contributed by atoms with Crippen molar-refractivity contribution >= 4 is 0 Å². The van der Waals surface area contributed by atoms with Gasteiger partial charge < -0.3 is 19.3 Å². The SMILES string of the molecule is CCOC1OCC(CO)C1OCC. The van der Waals surface area contributed by atoms with E-state index in [9.17, 15) is 0 Å². The lowest BCUT2D eigenvalue weighted by Crippen LogP contribution is -2.33. The van der Waals surface area contributed by atoms with Crippen LogP contribution in [0.3, 0.4) is 0 Å². The van der Waals surface area contributed by atoms with Crippen LogP contribution in [0.1, 0.15) is 13.8 Å². The third-order valence-electron chi connectivity index (χ3n) is 2.13. The molecule has 0 aromatic rings. The van der Waals surface area contributed by atoms with E-state index in [1.165, 1.54) is 0 Å². The Balaban J connectivity index is 2.45. The zero-order chi connectivity index (χ0) is 9.68. The van der Waals surface area contributed by atoms with Crippen molar-refractivity contribution in [2.75, 3.05) is 26.4 Å². The minimum absolute atomic E-state index is 0.0523. The Kier molecular flexibility index (Phi) is 4.66. The van der Waals surface area contributed by atoms with Crippen LogP contribution in [0.2, 0.25) is 0 Å². The zero-order valence-corrected chi connectivity index (χ0v) is 8.23. The fourth-order valence-corrected chi connectivity index (χ4v) is 1.50. The Morgan fingerprint density at radius 2 is 2.00 bits per heavy atom. The Bertz CT molecular complexity index is 140. The van der Waals surface area contributed by atoms with Crippen LogP contribution >= 0.6 is 0 Å². The molecule has 0 bridgehead atoms. The van der Waals surface area contributed by atoms with Gasteiger partial charge in [0.2, 0.25) is 0 Å². The van der Waals surface area contributed by atoms with Crippen molar-refractivity contribution in [2.24, 2.45) is 5.92 Å². The van der Waals surface area contributed by atoms with E-state index in [2.05, 4.69) is 0 Å². The zero-order valence-electron chi connectivity index (χ0n) is 8.23. The second-order valence-corrected chi connectivity index (χ2v) is 3.02. The maximum absolute atomic E-state index is 9.03. The van der Waals surface area contributed by atoms with Crippen LogP contribution in [0.15, 0.2) is 0 Å².